The second-order valence-corrected chi connectivity index (χ2v) is 8.32. The zero-order valence-electron chi connectivity index (χ0n) is 11.6. The topological polar surface area (TPSA) is 92.5 Å². The van der Waals surface area contributed by atoms with Gasteiger partial charge >= 0.3 is 0 Å². The number of sulfone groups is 1. The highest BCUT2D eigenvalue weighted by atomic mass is 32.2. The van der Waals surface area contributed by atoms with Crippen molar-refractivity contribution in [3.05, 3.63) is 0 Å². The molecule has 0 radical (unpaired) electrons. The largest absolute Gasteiger partial charge is 0.368 e. The Morgan fingerprint density at radius 2 is 2.05 bits per heavy atom. The molecule has 0 aromatic carbocycles. The van der Waals surface area contributed by atoms with Gasteiger partial charge in [0.15, 0.2) is 9.84 Å². The minimum atomic E-state index is -2.91. The second-order valence-electron chi connectivity index (χ2n) is 6.09. The van der Waals surface area contributed by atoms with Crippen molar-refractivity contribution >= 4 is 15.7 Å². The lowest BCUT2D eigenvalue weighted by Crippen LogP contribution is -2.61. The molecule has 3 N–H and O–H groups in total. The molecular weight excluding hydrogens is 266 g/mol. The summed E-state index contributed by atoms with van der Waals surface area (Å²) < 4.78 is 23.0. The third kappa shape index (κ3) is 3.67. The lowest BCUT2D eigenvalue weighted by Gasteiger charge is -2.34. The summed E-state index contributed by atoms with van der Waals surface area (Å²) in [4.78, 5) is 13.6. The van der Waals surface area contributed by atoms with Crippen molar-refractivity contribution in [2.75, 3.05) is 25.1 Å². The highest BCUT2D eigenvalue weighted by Crippen LogP contribution is 2.24. The number of hydrogen-bond donors (Lipinski definition) is 2. The van der Waals surface area contributed by atoms with E-state index in [0.717, 1.165) is 12.8 Å². The van der Waals surface area contributed by atoms with Gasteiger partial charge in [-0.3, -0.25) is 10.1 Å². The first-order valence-electron chi connectivity index (χ1n) is 6.70. The van der Waals surface area contributed by atoms with Crippen molar-refractivity contribution < 1.29 is 13.2 Å². The first kappa shape index (κ1) is 14.7. The summed E-state index contributed by atoms with van der Waals surface area (Å²) in [5.74, 6) is 0.0414. The van der Waals surface area contributed by atoms with Crippen LogP contribution in [0.2, 0.25) is 0 Å². The Kier molecular flexibility index (Phi) is 3.90. The van der Waals surface area contributed by atoms with Crippen molar-refractivity contribution in [2.24, 2.45) is 5.73 Å². The molecule has 1 amide bonds. The number of rotatable bonds is 6. The van der Waals surface area contributed by atoms with Gasteiger partial charge in [-0.15, -0.1) is 0 Å². The fourth-order valence-electron chi connectivity index (χ4n) is 2.62. The van der Waals surface area contributed by atoms with Crippen molar-refractivity contribution in [1.82, 2.24) is 10.2 Å². The van der Waals surface area contributed by atoms with E-state index in [0.29, 0.717) is 19.0 Å². The molecule has 7 heteroatoms. The fraction of sp³-hybridized carbons (Fsp3) is 0.917. The molecule has 2 rings (SSSR count). The van der Waals surface area contributed by atoms with Crippen LogP contribution < -0.4 is 11.1 Å². The summed E-state index contributed by atoms with van der Waals surface area (Å²) >= 11 is 0. The summed E-state index contributed by atoms with van der Waals surface area (Å²) in [7, 11) is -1.04. The average Bonchev–Trinajstić information content (AvgIpc) is 3.00. The minimum absolute atomic E-state index is 0.00956. The molecular formula is C12H23N3O3S. The molecule has 2 unspecified atom stereocenters. The predicted molar refractivity (Wildman–Crippen MR) is 73.4 cm³/mol. The minimum Gasteiger partial charge on any atom is -0.368 e. The van der Waals surface area contributed by atoms with Crippen LogP contribution in [-0.2, 0) is 14.6 Å². The van der Waals surface area contributed by atoms with E-state index in [-0.39, 0.29) is 23.5 Å². The van der Waals surface area contributed by atoms with Gasteiger partial charge in [0.25, 0.3) is 0 Å². The zero-order valence-corrected chi connectivity index (χ0v) is 12.4. The Bertz CT molecular complexity index is 461. The Balaban J connectivity index is 1.98. The van der Waals surface area contributed by atoms with Crippen LogP contribution in [-0.4, -0.2) is 61.9 Å². The summed E-state index contributed by atoms with van der Waals surface area (Å²) in [5.41, 5.74) is 4.71. The van der Waals surface area contributed by atoms with Crippen LogP contribution in [0.5, 0.6) is 0 Å². The van der Waals surface area contributed by atoms with Crippen molar-refractivity contribution in [2.45, 2.75) is 43.8 Å². The van der Waals surface area contributed by atoms with E-state index in [1.165, 1.54) is 0 Å². The lowest BCUT2D eigenvalue weighted by atomic mass is 9.99. The quantitative estimate of drug-likeness (QED) is 0.661. The first-order chi connectivity index (χ1) is 8.72. The molecule has 0 bridgehead atoms. The second kappa shape index (κ2) is 5.03. The third-order valence-electron chi connectivity index (χ3n) is 4.04. The van der Waals surface area contributed by atoms with E-state index in [1.807, 2.05) is 11.9 Å². The van der Waals surface area contributed by atoms with E-state index in [9.17, 15) is 13.2 Å². The SMILES string of the molecule is CN(CC(C)(NC1CC1)C(N)=O)C1CCS(=O)(=O)C1. The standard InChI is InChI=1S/C12H23N3O3S/c1-12(11(13)16,14-9-3-4-9)8-15(2)10-5-6-19(17,18)7-10/h9-10,14H,3-8H2,1-2H3,(H2,13,16). The van der Waals surface area contributed by atoms with E-state index >= 15 is 0 Å². The van der Waals surface area contributed by atoms with Gasteiger partial charge in [-0.05, 0) is 33.2 Å². The number of amides is 1. The number of nitrogens with two attached hydrogens (primary N) is 1. The molecule has 6 nitrogen and oxygen atoms in total. The predicted octanol–water partition coefficient (Wildman–Crippen LogP) is -0.899. The smallest absolute Gasteiger partial charge is 0.238 e. The third-order valence-corrected chi connectivity index (χ3v) is 5.79. The van der Waals surface area contributed by atoms with Crippen LogP contribution in [0.4, 0.5) is 0 Å². The van der Waals surface area contributed by atoms with Crippen LogP contribution in [0.25, 0.3) is 0 Å². The monoisotopic (exact) mass is 289 g/mol. The molecule has 2 atom stereocenters. The van der Waals surface area contributed by atoms with Crippen molar-refractivity contribution in [3.63, 3.8) is 0 Å². The van der Waals surface area contributed by atoms with Crippen LogP contribution in [0, 0.1) is 0 Å². The van der Waals surface area contributed by atoms with Crippen molar-refractivity contribution in [3.8, 4) is 0 Å². The fourth-order valence-corrected chi connectivity index (χ4v) is 4.43. The summed E-state index contributed by atoms with van der Waals surface area (Å²) in [6, 6.07) is 0.364. The van der Waals surface area contributed by atoms with Gasteiger partial charge in [-0.2, -0.15) is 0 Å². The number of likely N-dealkylation sites (N-methyl/N-ethyl adjacent to an activating group) is 1. The number of nitrogens with zero attached hydrogens (tertiary/aromatic N) is 1. The number of hydrogen-bond acceptors (Lipinski definition) is 5. The summed E-state index contributed by atoms with van der Waals surface area (Å²) in [6.07, 6.45) is 2.78. The normalized spacial score (nSPS) is 29.3. The maximum absolute atomic E-state index is 11.7. The van der Waals surface area contributed by atoms with Gasteiger partial charge in [0.2, 0.25) is 5.91 Å². The van der Waals surface area contributed by atoms with Gasteiger partial charge in [-0.1, -0.05) is 0 Å². The van der Waals surface area contributed by atoms with E-state index in [4.69, 9.17) is 5.73 Å². The number of primary amides is 1. The Morgan fingerprint density at radius 3 is 2.47 bits per heavy atom. The molecule has 1 aliphatic heterocycles. The van der Waals surface area contributed by atoms with Crippen molar-refractivity contribution in [1.29, 1.82) is 0 Å². The first-order valence-corrected chi connectivity index (χ1v) is 8.52. The van der Waals surface area contributed by atoms with Gasteiger partial charge in [0.1, 0.15) is 5.54 Å². The Labute approximate surface area is 114 Å². The van der Waals surface area contributed by atoms with Gasteiger partial charge < -0.3 is 10.6 Å². The van der Waals surface area contributed by atoms with Crippen LogP contribution in [0.15, 0.2) is 0 Å². The molecule has 1 saturated carbocycles. The zero-order chi connectivity index (χ0) is 14.3. The molecule has 0 aromatic heterocycles. The molecule has 1 saturated heterocycles. The van der Waals surface area contributed by atoms with Gasteiger partial charge in [0, 0.05) is 18.6 Å². The number of carbonyl (C=O) groups excluding carboxylic acids is 1. The molecule has 1 aliphatic carbocycles. The molecule has 110 valence electrons. The van der Waals surface area contributed by atoms with Gasteiger partial charge in [-0.25, -0.2) is 8.42 Å². The number of nitrogens with one attached hydrogen (secondary N) is 1. The highest BCUT2D eigenvalue weighted by molar-refractivity contribution is 7.91. The van der Waals surface area contributed by atoms with Crippen LogP contribution in [0.3, 0.4) is 0 Å². The van der Waals surface area contributed by atoms with E-state index in [1.54, 1.807) is 6.92 Å². The molecule has 0 aromatic rings. The van der Waals surface area contributed by atoms with E-state index in [2.05, 4.69) is 5.32 Å². The summed E-state index contributed by atoms with van der Waals surface area (Å²) in [6.45, 7) is 2.24. The molecule has 2 aliphatic rings. The maximum atomic E-state index is 11.7. The average molecular weight is 289 g/mol. The molecule has 2 fully saturated rings. The lowest BCUT2D eigenvalue weighted by molar-refractivity contribution is -0.124. The summed E-state index contributed by atoms with van der Waals surface area (Å²) in [5, 5.41) is 3.28. The molecule has 19 heavy (non-hydrogen) atoms. The van der Waals surface area contributed by atoms with E-state index < -0.39 is 15.4 Å². The number of carbonyl (C=O) groups is 1. The Morgan fingerprint density at radius 1 is 1.42 bits per heavy atom. The van der Waals surface area contributed by atoms with Crippen LogP contribution in [0.1, 0.15) is 26.2 Å². The molecule has 0 spiro atoms. The van der Waals surface area contributed by atoms with Gasteiger partial charge in [0.05, 0.1) is 11.5 Å². The highest BCUT2D eigenvalue weighted by Gasteiger charge is 2.40. The van der Waals surface area contributed by atoms with Crippen LogP contribution >= 0.6 is 0 Å². The molecule has 1 heterocycles. The Hall–Kier alpha value is -0.660. The maximum Gasteiger partial charge on any atom is 0.238 e.